The van der Waals surface area contributed by atoms with Crippen LogP contribution in [0.3, 0.4) is 0 Å². The Morgan fingerprint density at radius 3 is 2.17 bits per heavy atom. The van der Waals surface area contributed by atoms with E-state index < -0.39 is 10.2 Å². The molecule has 0 aromatic carbocycles. The summed E-state index contributed by atoms with van der Waals surface area (Å²) in [6.07, 6.45) is 3.05. The topological polar surface area (TPSA) is 69.7 Å². The van der Waals surface area contributed by atoms with Crippen molar-refractivity contribution in [1.82, 2.24) is 13.9 Å². The van der Waals surface area contributed by atoms with Gasteiger partial charge in [0.25, 0.3) is 10.2 Å². The number of rotatable bonds is 5. The minimum Gasteiger partial charge on any atom is -0.343 e. The van der Waals surface area contributed by atoms with Crippen LogP contribution in [0.15, 0.2) is 0 Å². The molecule has 2 atom stereocenters. The number of nitrogens with zero attached hydrogens (tertiary/aromatic N) is 2. The highest BCUT2D eigenvalue weighted by molar-refractivity contribution is 7.87. The third-order valence-electron chi connectivity index (χ3n) is 4.92. The Morgan fingerprint density at radius 1 is 1.12 bits per heavy atom. The summed E-state index contributed by atoms with van der Waals surface area (Å²) in [7, 11) is -3.43. The lowest BCUT2D eigenvalue weighted by Gasteiger charge is -2.37. The van der Waals surface area contributed by atoms with E-state index in [0.29, 0.717) is 63.2 Å². The predicted molar refractivity (Wildman–Crippen MR) is 95.6 cm³/mol. The maximum absolute atomic E-state index is 12.6. The highest BCUT2D eigenvalue weighted by Gasteiger charge is 2.33. The lowest BCUT2D eigenvalue weighted by Crippen LogP contribution is -2.53. The molecule has 2 unspecified atom stereocenters. The quantitative estimate of drug-likeness (QED) is 0.814. The van der Waals surface area contributed by atoms with E-state index in [1.54, 1.807) is 4.31 Å². The molecule has 0 aliphatic carbocycles. The molecular weight excluding hydrogens is 326 g/mol. The second-order valence-corrected chi connectivity index (χ2v) is 9.84. The van der Waals surface area contributed by atoms with Crippen LogP contribution >= 0.6 is 0 Å². The predicted octanol–water partition coefficient (Wildman–Crippen LogP) is 1.84. The average molecular weight is 360 g/mol. The summed E-state index contributed by atoms with van der Waals surface area (Å²) in [6.45, 7) is 10.8. The van der Waals surface area contributed by atoms with Gasteiger partial charge < -0.3 is 4.90 Å². The second-order valence-electron chi connectivity index (χ2n) is 8.14. The number of hydrogen-bond acceptors (Lipinski definition) is 3. The molecule has 2 aliphatic heterocycles. The number of hydrogen-bond donors (Lipinski definition) is 1. The summed E-state index contributed by atoms with van der Waals surface area (Å²) in [5.74, 6) is 1.35. The summed E-state index contributed by atoms with van der Waals surface area (Å²) in [5, 5.41) is 0. The van der Waals surface area contributed by atoms with Gasteiger partial charge in [-0.15, -0.1) is 0 Å². The van der Waals surface area contributed by atoms with Gasteiger partial charge in [0.1, 0.15) is 0 Å². The molecule has 6 nitrogen and oxygen atoms in total. The van der Waals surface area contributed by atoms with E-state index in [1.165, 1.54) is 0 Å². The smallest absolute Gasteiger partial charge is 0.279 e. The molecule has 140 valence electrons. The Labute approximate surface area is 147 Å². The Balaban J connectivity index is 1.85. The second kappa shape index (κ2) is 8.15. The van der Waals surface area contributed by atoms with Crippen LogP contribution in [0.5, 0.6) is 0 Å². The normalized spacial score (nSPS) is 27.6. The van der Waals surface area contributed by atoms with E-state index in [-0.39, 0.29) is 11.9 Å². The van der Waals surface area contributed by atoms with Crippen LogP contribution in [0.1, 0.15) is 53.4 Å². The molecule has 0 aromatic rings. The van der Waals surface area contributed by atoms with Gasteiger partial charge in [0, 0.05) is 38.6 Å². The van der Waals surface area contributed by atoms with Crippen molar-refractivity contribution in [3.05, 3.63) is 0 Å². The van der Waals surface area contributed by atoms with Crippen LogP contribution in [0.2, 0.25) is 0 Å². The molecule has 2 rings (SSSR count). The molecule has 0 aromatic heterocycles. The molecule has 1 N–H and O–H groups in total. The molecule has 0 radical (unpaired) electrons. The van der Waals surface area contributed by atoms with E-state index in [4.69, 9.17) is 0 Å². The zero-order valence-electron chi connectivity index (χ0n) is 15.5. The maximum atomic E-state index is 12.6. The first-order valence-electron chi connectivity index (χ1n) is 9.22. The van der Waals surface area contributed by atoms with E-state index >= 15 is 0 Å². The van der Waals surface area contributed by atoms with Crippen LogP contribution in [0.25, 0.3) is 0 Å². The molecular formula is C17H33N3O3S. The first-order chi connectivity index (χ1) is 11.2. The van der Waals surface area contributed by atoms with Gasteiger partial charge >= 0.3 is 0 Å². The largest absolute Gasteiger partial charge is 0.343 e. The standard InChI is InChI=1S/C17H33N3O3S/c1-13(2)9-17(21)19-7-5-16(6-8-19)18-24(22,23)20-11-14(3)10-15(4)12-20/h13-16,18H,5-12H2,1-4H3. The minimum absolute atomic E-state index is 0.0642. The van der Waals surface area contributed by atoms with Gasteiger partial charge in [-0.3, -0.25) is 4.79 Å². The fourth-order valence-electron chi connectivity index (χ4n) is 3.81. The Bertz CT molecular complexity index is 517. The third-order valence-corrected chi connectivity index (χ3v) is 6.53. The van der Waals surface area contributed by atoms with Gasteiger partial charge in [-0.2, -0.15) is 17.4 Å². The summed E-state index contributed by atoms with van der Waals surface area (Å²) in [5.41, 5.74) is 0. The fourth-order valence-corrected chi connectivity index (χ4v) is 5.52. The Hall–Kier alpha value is -0.660. The van der Waals surface area contributed by atoms with E-state index in [0.717, 1.165) is 6.42 Å². The zero-order valence-corrected chi connectivity index (χ0v) is 16.3. The number of likely N-dealkylation sites (tertiary alicyclic amines) is 1. The number of nitrogens with one attached hydrogen (secondary N) is 1. The van der Waals surface area contributed by atoms with Crippen molar-refractivity contribution in [2.75, 3.05) is 26.2 Å². The van der Waals surface area contributed by atoms with Gasteiger partial charge in [-0.1, -0.05) is 27.7 Å². The number of carbonyl (C=O) groups is 1. The van der Waals surface area contributed by atoms with Crippen molar-refractivity contribution in [3.63, 3.8) is 0 Å². The van der Waals surface area contributed by atoms with Crippen molar-refractivity contribution < 1.29 is 13.2 Å². The molecule has 2 heterocycles. The number of amides is 1. The first kappa shape index (κ1) is 19.7. The van der Waals surface area contributed by atoms with Crippen molar-refractivity contribution in [2.45, 2.75) is 59.4 Å². The lowest BCUT2D eigenvalue weighted by atomic mass is 9.94. The average Bonchev–Trinajstić information content (AvgIpc) is 2.45. The SMILES string of the molecule is CC(C)CC(=O)N1CCC(NS(=O)(=O)N2CC(C)CC(C)C2)CC1. The van der Waals surface area contributed by atoms with Crippen LogP contribution < -0.4 is 4.72 Å². The monoisotopic (exact) mass is 359 g/mol. The minimum atomic E-state index is -3.43. The Morgan fingerprint density at radius 2 is 1.67 bits per heavy atom. The fraction of sp³-hybridized carbons (Fsp3) is 0.941. The Kier molecular flexibility index (Phi) is 6.67. The number of carbonyl (C=O) groups excluding carboxylic acids is 1. The molecule has 2 fully saturated rings. The van der Waals surface area contributed by atoms with E-state index in [1.807, 2.05) is 18.7 Å². The van der Waals surface area contributed by atoms with Crippen molar-refractivity contribution >= 4 is 16.1 Å². The highest BCUT2D eigenvalue weighted by Crippen LogP contribution is 2.23. The number of piperidine rings is 2. The summed E-state index contributed by atoms with van der Waals surface area (Å²) >= 11 is 0. The van der Waals surface area contributed by atoms with Gasteiger partial charge in [-0.05, 0) is 37.0 Å². The van der Waals surface area contributed by atoms with E-state index in [2.05, 4.69) is 18.6 Å². The van der Waals surface area contributed by atoms with Crippen LogP contribution in [0.4, 0.5) is 0 Å². The van der Waals surface area contributed by atoms with E-state index in [9.17, 15) is 13.2 Å². The summed E-state index contributed by atoms with van der Waals surface area (Å²) < 4.78 is 29.7. The van der Waals surface area contributed by atoms with Gasteiger partial charge in [0.2, 0.25) is 5.91 Å². The van der Waals surface area contributed by atoms with Crippen LogP contribution in [-0.4, -0.2) is 55.8 Å². The van der Waals surface area contributed by atoms with Gasteiger partial charge in [0.05, 0.1) is 0 Å². The first-order valence-corrected chi connectivity index (χ1v) is 10.7. The molecule has 2 aliphatic rings. The summed E-state index contributed by atoms with van der Waals surface area (Å²) in [6, 6.07) is -0.0642. The molecule has 1 amide bonds. The van der Waals surface area contributed by atoms with Gasteiger partial charge in [-0.25, -0.2) is 0 Å². The lowest BCUT2D eigenvalue weighted by molar-refractivity contribution is -0.133. The zero-order chi connectivity index (χ0) is 17.9. The molecule has 24 heavy (non-hydrogen) atoms. The van der Waals surface area contributed by atoms with Crippen LogP contribution in [-0.2, 0) is 15.0 Å². The van der Waals surface area contributed by atoms with Crippen molar-refractivity contribution in [2.24, 2.45) is 17.8 Å². The molecule has 0 spiro atoms. The third kappa shape index (κ3) is 5.43. The summed E-state index contributed by atoms with van der Waals surface area (Å²) in [4.78, 5) is 14.0. The van der Waals surface area contributed by atoms with Gasteiger partial charge in [0.15, 0.2) is 0 Å². The van der Waals surface area contributed by atoms with Crippen LogP contribution in [0, 0.1) is 17.8 Å². The highest BCUT2D eigenvalue weighted by atomic mass is 32.2. The maximum Gasteiger partial charge on any atom is 0.279 e. The molecule has 0 saturated carbocycles. The van der Waals surface area contributed by atoms with Crippen molar-refractivity contribution in [1.29, 1.82) is 0 Å². The molecule has 7 heteroatoms. The molecule has 0 bridgehead atoms. The molecule has 2 saturated heterocycles. The van der Waals surface area contributed by atoms with Crippen molar-refractivity contribution in [3.8, 4) is 0 Å².